The van der Waals surface area contributed by atoms with Gasteiger partial charge in [-0.1, -0.05) is 30.3 Å². The summed E-state index contributed by atoms with van der Waals surface area (Å²) >= 11 is 0. The normalized spacial score (nSPS) is 20.4. The van der Waals surface area contributed by atoms with Gasteiger partial charge in [0.2, 0.25) is 5.91 Å². The monoisotopic (exact) mass is 263 g/mol. The van der Waals surface area contributed by atoms with E-state index >= 15 is 0 Å². The molecule has 0 aromatic heterocycles. The molecular formula is C14H17NO4. The maximum Gasteiger partial charge on any atom is 0.310 e. The molecule has 1 amide bonds. The quantitative estimate of drug-likeness (QED) is 0.814. The van der Waals surface area contributed by atoms with Gasteiger partial charge in [-0.05, 0) is 5.56 Å². The van der Waals surface area contributed by atoms with Gasteiger partial charge >= 0.3 is 5.97 Å². The maximum absolute atomic E-state index is 12.0. The average molecular weight is 263 g/mol. The van der Waals surface area contributed by atoms with E-state index in [2.05, 4.69) is 4.74 Å². The molecule has 1 N–H and O–H groups in total. The third kappa shape index (κ3) is 2.76. The van der Waals surface area contributed by atoms with Crippen molar-refractivity contribution < 1.29 is 19.4 Å². The molecule has 0 spiro atoms. The first-order chi connectivity index (χ1) is 9.17. The molecular weight excluding hydrogens is 246 g/mol. The number of hydrogen-bond acceptors (Lipinski definition) is 4. The zero-order chi connectivity index (χ0) is 13.8. The van der Waals surface area contributed by atoms with Gasteiger partial charge in [0.1, 0.15) is 0 Å². The van der Waals surface area contributed by atoms with E-state index in [-0.39, 0.29) is 24.9 Å². The van der Waals surface area contributed by atoms with Crippen LogP contribution in [-0.2, 0) is 14.3 Å². The molecule has 2 rings (SSSR count). The zero-order valence-electron chi connectivity index (χ0n) is 10.8. The molecule has 0 bridgehead atoms. The molecule has 1 aliphatic rings. The first-order valence-electron chi connectivity index (χ1n) is 6.20. The molecule has 0 radical (unpaired) electrons. The summed E-state index contributed by atoms with van der Waals surface area (Å²) in [5.74, 6) is -0.936. The summed E-state index contributed by atoms with van der Waals surface area (Å²) in [7, 11) is 1.32. The number of likely N-dealkylation sites (tertiary alicyclic amines) is 1. The second-order valence-electron chi connectivity index (χ2n) is 4.58. The van der Waals surface area contributed by atoms with Gasteiger partial charge in [-0.15, -0.1) is 0 Å². The number of hydrogen-bond donors (Lipinski definition) is 1. The Bertz CT molecular complexity index is 460. The molecule has 0 aliphatic carbocycles. The van der Waals surface area contributed by atoms with E-state index in [9.17, 15) is 14.7 Å². The van der Waals surface area contributed by atoms with E-state index in [1.165, 1.54) is 7.11 Å². The fourth-order valence-electron chi connectivity index (χ4n) is 2.42. The van der Waals surface area contributed by atoms with Crippen LogP contribution in [0.4, 0.5) is 0 Å². The molecule has 1 heterocycles. The van der Waals surface area contributed by atoms with Gasteiger partial charge < -0.3 is 14.7 Å². The molecule has 5 heteroatoms. The molecule has 19 heavy (non-hydrogen) atoms. The highest BCUT2D eigenvalue weighted by Gasteiger charge is 2.38. The number of rotatable bonds is 4. The number of methoxy groups -OCH3 is 1. The molecule has 1 saturated heterocycles. The number of carbonyl (C=O) groups is 2. The maximum atomic E-state index is 12.0. The van der Waals surface area contributed by atoms with Gasteiger partial charge in [-0.3, -0.25) is 9.59 Å². The van der Waals surface area contributed by atoms with Crippen molar-refractivity contribution in [3.8, 4) is 0 Å². The zero-order valence-corrected chi connectivity index (χ0v) is 10.8. The summed E-state index contributed by atoms with van der Waals surface area (Å²) < 4.78 is 4.67. The molecule has 2 unspecified atom stereocenters. The van der Waals surface area contributed by atoms with Crippen LogP contribution in [-0.4, -0.2) is 42.1 Å². The minimum atomic E-state index is -0.435. The van der Waals surface area contributed by atoms with Crippen LogP contribution in [0, 0.1) is 5.92 Å². The highest BCUT2D eigenvalue weighted by atomic mass is 16.5. The first-order valence-corrected chi connectivity index (χ1v) is 6.20. The van der Waals surface area contributed by atoms with Gasteiger partial charge in [-0.2, -0.15) is 0 Å². The summed E-state index contributed by atoms with van der Waals surface area (Å²) in [6.45, 7) is 0.134. The average Bonchev–Trinajstić information content (AvgIpc) is 2.82. The molecule has 1 fully saturated rings. The number of aliphatic hydroxyl groups excluding tert-OH is 1. The highest BCUT2D eigenvalue weighted by molar-refractivity contribution is 5.87. The molecule has 102 valence electrons. The van der Waals surface area contributed by atoms with E-state index in [1.807, 2.05) is 30.3 Å². The van der Waals surface area contributed by atoms with Crippen LogP contribution < -0.4 is 0 Å². The van der Waals surface area contributed by atoms with E-state index in [0.717, 1.165) is 5.56 Å². The van der Waals surface area contributed by atoms with Crippen LogP contribution in [0.5, 0.6) is 0 Å². The molecule has 2 atom stereocenters. The summed E-state index contributed by atoms with van der Waals surface area (Å²) in [5, 5.41) is 9.53. The summed E-state index contributed by atoms with van der Waals surface area (Å²) in [6.07, 6.45) is 0.149. The summed E-state index contributed by atoms with van der Waals surface area (Å²) in [6, 6.07) is 8.91. The number of ether oxygens (including phenoxy) is 1. The molecule has 1 aromatic rings. The Kier molecular flexibility index (Phi) is 4.16. The molecule has 5 nitrogen and oxygen atoms in total. The first kappa shape index (κ1) is 13.5. The van der Waals surface area contributed by atoms with E-state index < -0.39 is 12.0 Å². The van der Waals surface area contributed by atoms with E-state index in [0.29, 0.717) is 6.54 Å². The van der Waals surface area contributed by atoms with Crippen LogP contribution in [0.3, 0.4) is 0 Å². The lowest BCUT2D eigenvalue weighted by atomic mass is 10.1. The van der Waals surface area contributed by atoms with Crippen molar-refractivity contribution in [2.45, 2.75) is 12.5 Å². The Morgan fingerprint density at radius 1 is 1.47 bits per heavy atom. The number of esters is 1. The van der Waals surface area contributed by atoms with Crippen molar-refractivity contribution in [1.29, 1.82) is 0 Å². The predicted octanol–water partition coefficient (Wildman–Crippen LogP) is 0.741. The lowest BCUT2D eigenvalue weighted by molar-refractivity contribution is -0.145. The Hall–Kier alpha value is -1.88. The Morgan fingerprint density at radius 3 is 2.74 bits per heavy atom. The lowest BCUT2D eigenvalue weighted by Crippen LogP contribution is -2.33. The highest BCUT2D eigenvalue weighted by Crippen LogP contribution is 2.28. The number of carbonyl (C=O) groups excluding carboxylic acids is 2. The van der Waals surface area contributed by atoms with Crippen molar-refractivity contribution in [3.63, 3.8) is 0 Å². The Labute approximate surface area is 111 Å². The molecule has 1 aliphatic heterocycles. The Balaban J connectivity index is 2.16. The summed E-state index contributed by atoms with van der Waals surface area (Å²) in [4.78, 5) is 25.0. The third-order valence-electron chi connectivity index (χ3n) is 3.43. The van der Waals surface area contributed by atoms with Crippen LogP contribution >= 0.6 is 0 Å². The second-order valence-corrected chi connectivity index (χ2v) is 4.58. The minimum Gasteiger partial charge on any atom is -0.469 e. The van der Waals surface area contributed by atoms with E-state index in [1.54, 1.807) is 4.90 Å². The van der Waals surface area contributed by atoms with Crippen molar-refractivity contribution in [1.82, 2.24) is 4.90 Å². The van der Waals surface area contributed by atoms with Crippen molar-refractivity contribution in [2.24, 2.45) is 5.92 Å². The SMILES string of the molecule is COC(=O)C1CC(=O)N(C(CO)c2ccccc2)C1. The van der Waals surface area contributed by atoms with Crippen LogP contribution in [0.2, 0.25) is 0 Å². The third-order valence-corrected chi connectivity index (χ3v) is 3.43. The number of nitrogens with zero attached hydrogens (tertiary/aromatic N) is 1. The van der Waals surface area contributed by atoms with Gasteiger partial charge in [0.25, 0.3) is 0 Å². The van der Waals surface area contributed by atoms with Crippen molar-refractivity contribution in [3.05, 3.63) is 35.9 Å². The van der Waals surface area contributed by atoms with Gasteiger partial charge in [-0.25, -0.2) is 0 Å². The van der Waals surface area contributed by atoms with Crippen LogP contribution in [0.25, 0.3) is 0 Å². The number of benzene rings is 1. The van der Waals surface area contributed by atoms with Gasteiger partial charge in [0, 0.05) is 13.0 Å². The van der Waals surface area contributed by atoms with Gasteiger partial charge in [0.15, 0.2) is 0 Å². The molecule has 1 aromatic carbocycles. The summed E-state index contributed by atoms with van der Waals surface area (Å²) in [5.41, 5.74) is 0.865. The smallest absolute Gasteiger partial charge is 0.310 e. The lowest BCUT2D eigenvalue weighted by Gasteiger charge is -2.26. The minimum absolute atomic E-state index is 0.127. The standard InChI is InChI=1S/C14H17NO4/c1-19-14(18)11-7-13(17)15(8-11)12(9-16)10-5-3-2-4-6-10/h2-6,11-12,16H,7-9H2,1H3. The second kappa shape index (κ2) is 5.84. The fraction of sp³-hybridized carbons (Fsp3) is 0.429. The van der Waals surface area contributed by atoms with Crippen LogP contribution in [0.1, 0.15) is 18.0 Å². The van der Waals surface area contributed by atoms with E-state index in [4.69, 9.17) is 0 Å². The van der Waals surface area contributed by atoms with Crippen molar-refractivity contribution in [2.75, 3.05) is 20.3 Å². The van der Waals surface area contributed by atoms with Gasteiger partial charge in [0.05, 0.1) is 25.7 Å². The largest absolute Gasteiger partial charge is 0.469 e. The van der Waals surface area contributed by atoms with Crippen LogP contribution in [0.15, 0.2) is 30.3 Å². The number of aliphatic hydroxyl groups is 1. The number of amides is 1. The topological polar surface area (TPSA) is 66.8 Å². The fourth-order valence-corrected chi connectivity index (χ4v) is 2.42. The predicted molar refractivity (Wildman–Crippen MR) is 68.1 cm³/mol. The van der Waals surface area contributed by atoms with Crippen molar-refractivity contribution >= 4 is 11.9 Å². The molecule has 0 saturated carbocycles. The Morgan fingerprint density at radius 2 is 2.16 bits per heavy atom.